The monoisotopic (exact) mass is 400 g/mol. The van der Waals surface area contributed by atoms with E-state index in [1.165, 1.54) is 11.3 Å². The van der Waals surface area contributed by atoms with E-state index in [2.05, 4.69) is 36.4 Å². The molecule has 28 heavy (non-hydrogen) atoms. The van der Waals surface area contributed by atoms with Gasteiger partial charge in [0.2, 0.25) is 11.0 Å². The number of nitrogens with zero attached hydrogens (tertiary/aromatic N) is 4. The summed E-state index contributed by atoms with van der Waals surface area (Å²) in [6.07, 6.45) is 3.16. The second kappa shape index (κ2) is 8.76. The van der Waals surface area contributed by atoms with Gasteiger partial charge < -0.3 is 9.72 Å². The number of carbonyl (C=O) groups excluding carboxylic acids is 1. The van der Waals surface area contributed by atoms with Crippen molar-refractivity contribution in [3.8, 4) is 0 Å². The van der Waals surface area contributed by atoms with Crippen LogP contribution < -0.4 is 5.32 Å². The zero-order chi connectivity index (χ0) is 19.3. The summed E-state index contributed by atoms with van der Waals surface area (Å²) in [4.78, 5) is 22.7. The number of anilines is 1. The zero-order valence-electron chi connectivity index (χ0n) is 15.9. The van der Waals surface area contributed by atoms with E-state index in [4.69, 9.17) is 4.74 Å². The molecular formula is C19H24N6O2S. The Hall–Kier alpha value is -2.36. The second-order valence-corrected chi connectivity index (χ2v) is 8.19. The first kappa shape index (κ1) is 19.0. The number of benzene rings is 1. The van der Waals surface area contributed by atoms with Gasteiger partial charge in [0, 0.05) is 20.1 Å². The molecule has 1 fully saturated rings. The number of amides is 1. The number of rotatable bonds is 7. The van der Waals surface area contributed by atoms with Crippen LogP contribution in [0.25, 0.3) is 11.0 Å². The fourth-order valence-electron chi connectivity index (χ4n) is 3.69. The third kappa shape index (κ3) is 4.73. The molecule has 0 spiro atoms. The predicted octanol–water partition coefficient (Wildman–Crippen LogP) is 2.45. The van der Waals surface area contributed by atoms with Gasteiger partial charge in [-0.2, -0.15) is 0 Å². The van der Waals surface area contributed by atoms with Gasteiger partial charge in [0.05, 0.1) is 17.6 Å². The Morgan fingerprint density at radius 1 is 1.39 bits per heavy atom. The highest BCUT2D eigenvalue weighted by atomic mass is 32.1. The molecule has 8 nitrogen and oxygen atoms in total. The number of hydrogen-bond donors (Lipinski definition) is 2. The van der Waals surface area contributed by atoms with Crippen molar-refractivity contribution in [2.24, 2.45) is 5.92 Å². The number of nitrogens with one attached hydrogen (secondary N) is 2. The first-order valence-corrected chi connectivity index (χ1v) is 10.3. The summed E-state index contributed by atoms with van der Waals surface area (Å²) in [5, 5.41) is 12.1. The number of ether oxygens (including phenoxy) is 1. The van der Waals surface area contributed by atoms with Crippen LogP contribution in [0.5, 0.6) is 0 Å². The van der Waals surface area contributed by atoms with Gasteiger partial charge in [-0.1, -0.05) is 23.5 Å². The van der Waals surface area contributed by atoms with E-state index in [1.54, 1.807) is 7.11 Å². The molecular weight excluding hydrogens is 376 g/mol. The van der Waals surface area contributed by atoms with Crippen LogP contribution in [0.4, 0.5) is 5.13 Å². The van der Waals surface area contributed by atoms with Crippen LogP contribution in [0.3, 0.4) is 0 Å². The summed E-state index contributed by atoms with van der Waals surface area (Å²) in [7, 11) is 1.61. The van der Waals surface area contributed by atoms with Crippen LogP contribution >= 0.6 is 11.3 Å². The minimum atomic E-state index is -0.0514. The number of hydrogen-bond acceptors (Lipinski definition) is 7. The van der Waals surface area contributed by atoms with E-state index >= 15 is 0 Å². The highest BCUT2D eigenvalue weighted by molar-refractivity contribution is 7.15. The van der Waals surface area contributed by atoms with Gasteiger partial charge in [-0.05, 0) is 37.4 Å². The first-order chi connectivity index (χ1) is 13.7. The first-order valence-electron chi connectivity index (χ1n) is 9.47. The third-order valence-electron chi connectivity index (χ3n) is 4.87. The van der Waals surface area contributed by atoms with Gasteiger partial charge in [-0.3, -0.25) is 15.0 Å². The van der Waals surface area contributed by atoms with Gasteiger partial charge in [0.1, 0.15) is 17.4 Å². The molecule has 1 aliphatic rings. The van der Waals surface area contributed by atoms with E-state index in [9.17, 15) is 4.79 Å². The number of para-hydroxylation sites is 2. The van der Waals surface area contributed by atoms with Gasteiger partial charge in [0.25, 0.3) is 0 Å². The number of H-pyrrole nitrogens is 1. The van der Waals surface area contributed by atoms with Crippen molar-refractivity contribution >= 4 is 33.4 Å². The van der Waals surface area contributed by atoms with E-state index in [0.29, 0.717) is 24.2 Å². The highest BCUT2D eigenvalue weighted by Gasteiger charge is 2.23. The molecule has 2 N–H and O–H groups in total. The standard InChI is InChI=1S/C19H24N6O2S/c1-27-12-18-23-24-19(28-18)22-17(26)11-25-8-4-5-13(10-25)9-16-20-14-6-2-3-7-15(14)21-16/h2-3,6-7,13H,4-5,8-12H2,1H3,(H,20,21)(H,22,24,26)/t13-/m0/s1. The summed E-state index contributed by atoms with van der Waals surface area (Å²) in [6, 6.07) is 8.10. The summed E-state index contributed by atoms with van der Waals surface area (Å²) in [5.74, 6) is 1.47. The summed E-state index contributed by atoms with van der Waals surface area (Å²) in [5.41, 5.74) is 2.09. The minimum Gasteiger partial charge on any atom is -0.377 e. The molecule has 3 heterocycles. The van der Waals surface area contributed by atoms with Gasteiger partial charge in [-0.15, -0.1) is 10.2 Å². The molecule has 1 atom stereocenters. The van der Waals surface area contributed by atoms with Crippen LogP contribution in [0.2, 0.25) is 0 Å². The molecule has 0 unspecified atom stereocenters. The Labute approximate surface area is 167 Å². The van der Waals surface area contributed by atoms with Crippen LogP contribution in [-0.4, -0.2) is 57.7 Å². The smallest absolute Gasteiger partial charge is 0.240 e. The summed E-state index contributed by atoms with van der Waals surface area (Å²) in [6.45, 7) is 2.61. The molecule has 0 saturated carbocycles. The molecule has 0 radical (unpaired) electrons. The SMILES string of the molecule is COCc1nnc(NC(=O)CN2CCC[C@@H](Cc3nc4ccccc4[nH]3)C2)s1. The normalized spacial score (nSPS) is 17.8. The van der Waals surface area contributed by atoms with Crippen LogP contribution in [-0.2, 0) is 22.6 Å². The molecule has 9 heteroatoms. The maximum Gasteiger partial charge on any atom is 0.240 e. The number of carbonyl (C=O) groups is 1. The number of fused-ring (bicyclic) bond motifs is 1. The second-order valence-electron chi connectivity index (χ2n) is 7.13. The van der Waals surface area contributed by atoms with Crippen molar-refractivity contribution in [1.82, 2.24) is 25.1 Å². The fourth-order valence-corrected chi connectivity index (χ4v) is 4.41. The maximum atomic E-state index is 12.4. The van der Waals surface area contributed by atoms with Crippen molar-refractivity contribution in [2.75, 3.05) is 32.1 Å². The van der Waals surface area contributed by atoms with Crippen molar-refractivity contribution in [1.29, 1.82) is 0 Å². The van der Waals surface area contributed by atoms with E-state index in [1.807, 2.05) is 18.2 Å². The molecule has 1 aliphatic heterocycles. The molecule has 0 bridgehead atoms. The van der Waals surface area contributed by atoms with E-state index in [-0.39, 0.29) is 5.91 Å². The lowest BCUT2D eigenvalue weighted by Gasteiger charge is -2.31. The Kier molecular flexibility index (Phi) is 5.94. The van der Waals surface area contributed by atoms with Crippen LogP contribution in [0.15, 0.2) is 24.3 Å². The average molecular weight is 401 g/mol. The fraction of sp³-hybridized carbons (Fsp3) is 0.474. The number of imidazole rings is 1. The predicted molar refractivity (Wildman–Crippen MR) is 108 cm³/mol. The topological polar surface area (TPSA) is 96.0 Å². The van der Waals surface area contributed by atoms with Gasteiger partial charge in [-0.25, -0.2) is 4.98 Å². The van der Waals surface area contributed by atoms with Crippen molar-refractivity contribution in [3.63, 3.8) is 0 Å². The molecule has 1 aromatic carbocycles. The summed E-state index contributed by atoms with van der Waals surface area (Å²) >= 11 is 1.34. The number of aromatic amines is 1. The number of methoxy groups -OCH3 is 1. The molecule has 4 rings (SSSR count). The maximum absolute atomic E-state index is 12.4. The zero-order valence-corrected chi connectivity index (χ0v) is 16.7. The number of likely N-dealkylation sites (tertiary alicyclic amines) is 1. The number of piperidine rings is 1. The molecule has 1 amide bonds. The average Bonchev–Trinajstić information content (AvgIpc) is 3.28. The quantitative estimate of drug-likeness (QED) is 0.632. The van der Waals surface area contributed by atoms with Gasteiger partial charge >= 0.3 is 0 Å². The molecule has 148 valence electrons. The third-order valence-corrected chi connectivity index (χ3v) is 5.68. The van der Waals surface area contributed by atoms with Gasteiger partial charge in [0.15, 0.2) is 0 Å². The van der Waals surface area contributed by atoms with Crippen LogP contribution in [0.1, 0.15) is 23.7 Å². The molecule has 0 aliphatic carbocycles. The summed E-state index contributed by atoms with van der Waals surface area (Å²) < 4.78 is 5.03. The van der Waals surface area contributed by atoms with E-state index in [0.717, 1.165) is 54.2 Å². The lowest BCUT2D eigenvalue weighted by molar-refractivity contribution is -0.117. The Bertz CT molecular complexity index is 906. The van der Waals surface area contributed by atoms with Crippen molar-refractivity contribution < 1.29 is 9.53 Å². The lowest BCUT2D eigenvalue weighted by atomic mass is 9.94. The number of aromatic nitrogens is 4. The molecule has 1 saturated heterocycles. The van der Waals surface area contributed by atoms with Crippen molar-refractivity contribution in [2.45, 2.75) is 25.9 Å². The molecule has 2 aromatic heterocycles. The van der Waals surface area contributed by atoms with E-state index < -0.39 is 0 Å². The van der Waals surface area contributed by atoms with Crippen LogP contribution in [0, 0.1) is 5.92 Å². The highest BCUT2D eigenvalue weighted by Crippen LogP contribution is 2.22. The Morgan fingerprint density at radius 3 is 3.14 bits per heavy atom. The van der Waals surface area contributed by atoms with Crippen molar-refractivity contribution in [3.05, 3.63) is 35.1 Å². The largest absolute Gasteiger partial charge is 0.377 e. The molecule has 3 aromatic rings. The minimum absolute atomic E-state index is 0.0514. The Morgan fingerprint density at radius 2 is 2.29 bits per heavy atom. The lowest BCUT2D eigenvalue weighted by Crippen LogP contribution is -2.41. The Balaban J connectivity index is 1.29.